The van der Waals surface area contributed by atoms with E-state index in [4.69, 9.17) is 4.74 Å². The summed E-state index contributed by atoms with van der Waals surface area (Å²) in [7, 11) is 1.75. The van der Waals surface area contributed by atoms with Crippen LogP contribution < -0.4 is 0 Å². The van der Waals surface area contributed by atoms with Crippen molar-refractivity contribution in [1.82, 2.24) is 4.57 Å². The molecule has 0 atom stereocenters. The number of hydrogen-bond acceptors (Lipinski definition) is 1. The third-order valence-corrected chi connectivity index (χ3v) is 2.78. The van der Waals surface area contributed by atoms with Gasteiger partial charge in [0.25, 0.3) is 0 Å². The molecular formula is C13H17NO. The van der Waals surface area contributed by atoms with Crippen LogP contribution in [0.5, 0.6) is 0 Å². The van der Waals surface area contributed by atoms with Gasteiger partial charge in [0.15, 0.2) is 0 Å². The summed E-state index contributed by atoms with van der Waals surface area (Å²) < 4.78 is 7.49. The van der Waals surface area contributed by atoms with E-state index in [1.54, 1.807) is 7.11 Å². The normalized spacial score (nSPS) is 11.1. The van der Waals surface area contributed by atoms with Crippen molar-refractivity contribution < 1.29 is 4.74 Å². The van der Waals surface area contributed by atoms with Crippen LogP contribution in [0.4, 0.5) is 0 Å². The summed E-state index contributed by atoms with van der Waals surface area (Å²) in [6.45, 7) is 3.90. The zero-order chi connectivity index (χ0) is 10.7. The van der Waals surface area contributed by atoms with Crippen LogP contribution >= 0.6 is 0 Å². The third-order valence-electron chi connectivity index (χ3n) is 2.78. The number of aromatic nitrogens is 1. The Morgan fingerprint density at radius 2 is 2.07 bits per heavy atom. The fourth-order valence-electron chi connectivity index (χ4n) is 2.01. The highest BCUT2D eigenvalue weighted by atomic mass is 16.5. The number of benzene rings is 1. The van der Waals surface area contributed by atoms with Gasteiger partial charge in [-0.15, -0.1) is 0 Å². The van der Waals surface area contributed by atoms with Gasteiger partial charge in [-0.2, -0.15) is 0 Å². The third kappa shape index (κ3) is 1.90. The first kappa shape index (κ1) is 10.2. The van der Waals surface area contributed by atoms with Gasteiger partial charge >= 0.3 is 0 Å². The van der Waals surface area contributed by atoms with E-state index in [9.17, 15) is 0 Å². The summed E-state index contributed by atoms with van der Waals surface area (Å²) in [6, 6.07) is 10.8. The first-order valence-electron chi connectivity index (χ1n) is 5.43. The van der Waals surface area contributed by atoms with E-state index in [1.165, 1.54) is 16.6 Å². The quantitative estimate of drug-likeness (QED) is 0.745. The van der Waals surface area contributed by atoms with E-state index in [-0.39, 0.29) is 0 Å². The second-order valence-electron chi connectivity index (χ2n) is 3.69. The average Bonchev–Trinajstić information content (AvgIpc) is 2.64. The number of methoxy groups -OCH3 is 1. The maximum Gasteiger partial charge on any atom is 0.0642 e. The van der Waals surface area contributed by atoms with E-state index >= 15 is 0 Å². The molecule has 0 fully saturated rings. The van der Waals surface area contributed by atoms with Crippen molar-refractivity contribution in [3.8, 4) is 0 Å². The Labute approximate surface area is 90.5 Å². The molecule has 0 N–H and O–H groups in total. The number of para-hydroxylation sites is 1. The summed E-state index contributed by atoms with van der Waals surface area (Å²) in [5, 5.41) is 1.32. The SMILES string of the molecule is CCc1cc2ccccc2n1CCOC. The molecular weight excluding hydrogens is 186 g/mol. The zero-order valence-corrected chi connectivity index (χ0v) is 9.36. The monoisotopic (exact) mass is 203 g/mol. The Morgan fingerprint density at radius 1 is 1.27 bits per heavy atom. The maximum atomic E-state index is 5.14. The number of hydrogen-bond donors (Lipinski definition) is 0. The smallest absolute Gasteiger partial charge is 0.0642 e. The molecule has 0 bridgehead atoms. The molecule has 80 valence electrons. The molecule has 1 aromatic carbocycles. The Hall–Kier alpha value is -1.28. The van der Waals surface area contributed by atoms with Crippen LogP contribution in [0.25, 0.3) is 10.9 Å². The van der Waals surface area contributed by atoms with Crippen molar-refractivity contribution >= 4 is 10.9 Å². The van der Waals surface area contributed by atoms with Crippen LogP contribution in [0.1, 0.15) is 12.6 Å². The molecule has 0 aliphatic heterocycles. The highest BCUT2D eigenvalue weighted by molar-refractivity contribution is 5.81. The minimum atomic E-state index is 0.770. The molecule has 2 heteroatoms. The summed E-state index contributed by atoms with van der Waals surface area (Å²) in [5.74, 6) is 0. The second kappa shape index (κ2) is 4.49. The molecule has 0 saturated carbocycles. The molecule has 0 saturated heterocycles. The van der Waals surface area contributed by atoms with Crippen molar-refractivity contribution in [3.63, 3.8) is 0 Å². The average molecular weight is 203 g/mol. The molecule has 0 spiro atoms. The fraction of sp³-hybridized carbons (Fsp3) is 0.385. The number of nitrogens with zero attached hydrogens (tertiary/aromatic N) is 1. The van der Waals surface area contributed by atoms with Crippen LogP contribution in [0.15, 0.2) is 30.3 Å². The fourth-order valence-corrected chi connectivity index (χ4v) is 2.01. The minimum Gasteiger partial charge on any atom is -0.383 e. The standard InChI is InChI=1S/C13H17NO/c1-3-12-10-11-6-4-5-7-13(11)14(12)8-9-15-2/h4-7,10H,3,8-9H2,1-2H3. The molecule has 0 aliphatic carbocycles. The van der Waals surface area contributed by atoms with Gasteiger partial charge in [0.05, 0.1) is 6.61 Å². The van der Waals surface area contributed by atoms with E-state index in [0.717, 1.165) is 19.6 Å². The lowest BCUT2D eigenvalue weighted by molar-refractivity contribution is 0.187. The van der Waals surface area contributed by atoms with Crippen molar-refractivity contribution in [3.05, 3.63) is 36.0 Å². The predicted molar refractivity (Wildman–Crippen MR) is 63.2 cm³/mol. The van der Waals surface area contributed by atoms with Gasteiger partial charge in [-0.3, -0.25) is 0 Å². The minimum absolute atomic E-state index is 0.770. The molecule has 1 aromatic heterocycles. The summed E-state index contributed by atoms with van der Waals surface area (Å²) in [4.78, 5) is 0. The Bertz CT molecular complexity index is 445. The molecule has 0 radical (unpaired) electrons. The number of rotatable bonds is 4. The zero-order valence-electron chi connectivity index (χ0n) is 9.36. The van der Waals surface area contributed by atoms with Crippen molar-refractivity contribution in [2.45, 2.75) is 19.9 Å². The van der Waals surface area contributed by atoms with Crippen LogP contribution in [0.2, 0.25) is 0 Å². The van der Waals surface area contributed by atoms with Crippen LogP contribution in [0.3, 0.4) is 0 Å². The van der Waals surface area contributed by atoms with Gasteiger partial charge in [-0.05, 0) is 23.9 Å². The number of aryl methyl sites for hydroxylation is 1. The van der Waals surface area contributed by atoms with Gasteiger partial charge in [-0.1, -0.05) is 25.1 Å². The van der Waals surface area contributed by atoms with Gasteiger partial charge in [0.2, 0.25) is 0 Å². The van der Waals surface area contributed by atoms with Crippen LogP contribution in [0, 0.1) is 0 Å². The topological polar surface area (TPSA) is 14.2 Å². The number of ether oxygens (including phenoxy) is 1. The molecule has 0 aliphatic rings. The molecule has 0 amide bonds. The summed E-state index contributed by atoms with van der Waals surface area (Å²) in [5.41, 5.74) is 2.69. The lowest BCUT2D eigenvalue weighted by Crippen LogP contribution is -2.06. The van der Waals surface area contributed by atoms with Gasteiger partial charge < -0.3 is 9.30 Å². The van der Waals surface area contributed by atoms with Gasteiger partial charge in [0, 0.05) is 24.9 Å². The van der Waals surface area contributed by atoms with Crippen LogP contribution in [-0.2, 0) is 17.7 Å². The summed E-state index contributed by atoms with van der Waals surface area (Å²) in [6.07, 6.45) is 1.07. The lowest BCUT2D eigenvalue weighted by atomic mass is 10.2. The molecule has 2 nitrogen and oxygen atoms in total. The molecule has 2 rings (SSSR count). The highest BCUT2D eigenvalue weighted by Gasteiger charge is 2.05. The van der Waals surface area contributed by atoms with Gasteiger partial charge in [0.1, 0.15) is 0 Å². The lowest BCUT2D eigenvalue weighted by Gasteiger charge is -2.08. The molecule has 1 heterocycles. The van der Waals surface area contributed by atoms with E-state index < -0.39 is 0 Å². The molecule has 15 heavy (non-hydrogen) atoms. The van der Waals surface area contributed by atoms with Crippen LogP contribution in [-0.4, -0.2) is 18.3 Å². The Kier molecular flexibility index (Phi) is 3.07. The number of fused-ring (bicyclic) bond motifs is 1. The predicted octanol–water partition coefficient (Wildman–Crippen LogP) is 2.85. The van der Waals surface area contributed by atoms with Gasteiger partial charge in [-0.25, -0.2) is 0 Å². The maximum absolute atomic E-state index is 5.14. The Morgan fingerprint density at radius 3 is 2.80 bits per heavy atom. The molecule has 0 unspecified atom stereocenters. The molecule has 2 aromatic rings. The van der Waals surface area contributed by atoms with Crippen molar-refractivity contribution in [1.29, 1.82) is 0 Å². The first-order chi connectivity index (χ1) is 7.36. The highest BCUT2D eigenvalue weighted by Crippen LogP contribution is 2.19. The van der Waals surface area contributed by atoms with E-state index in [0.29, 0.717) is 0 Å². The van der Waals surface area contributed by atoms with E-state index in [2.05, 4.69) is 41.8 Å². The van der Waals surface area contributed by atoms with Crippen molar-refractivity contribution in [2.24, 2.45) is 0 Å². The largest absolute Gasteiger partial charge is 0.383 e. The summed E-state index contributed by atoms with van der Waals surface area (Å²) >= 11 is 0. The first-order valence-corrected chi connectivity index (χ1v) is 5.43. The van der Waals surface area contributed by atoms with Crippen molar-refractivity contribution in [2.75, 3.05) is 13.7 Å². The van der Waals surface area contributed by atoms with E-state index in [1.807, 2.05) is 0 Å². The second-order valence-corrected chi connectivity index (χ2v) is 3.69. The Balaban J connectivity index is 2.47.